The summed E-state index contributed by atoms with van der Waals surface area (Å²) < 4.78 is 38.9. The number of anilines is 1. The van der Waals surface area contributed by atoms with Crippen molar-refractivity contribution in [3.8, 4) is 0 Å². The maximum absolute atomic E-state index is 13.0. The normalized spacial score (nSPS) is 14.2. The van der Waals surface area contributed by atoms with Crippen molar-refractivity contribution in [2.45, 2.75) is 20.0 Å². The second-order valence-corrected chi connectivity index (χ2v) is 4.50. The van der Waals surface area contributed by atoms with Crippen LogP contribution in [0.4, 0.5) is 18.9 Å². The van der Waals surface area contributed by atoms with E-state index in [-0.39, 0.29) is 6.54 Å². The van der Waals surface area contributed by atoms with Gasteiger partial charge >= 0.3 is 6.18 Å². The molecule has 1 unspecified atom stereocenters. The largest absolute Gasteiger partial charge is 0.409 e. The lowest BCUT2D eigenvalue weighted by Gasteiger charge is -2.29. The number of amidine groups is 1. The van der Waals surface area contributed by atoms with Gasteiger partial charge in [0.15, 0.2) is 5.84 Å². The highest BCUT2D eigenvalue weighted by molar-refractivity contribution is 5.83. The van der Waals surface area contributed by atoms with E-state index in [1.165, 1.54) is 0 Å². The van der Waals surface area contributed by atoms with Crippen molar-refractivity contribution < 1.29 is 18.4 Å². The molecule has 0 saturated carbocycles. The maximum atomic E-state index is 13.0. The van der Waals surface area contributed by atoms with E-state index in [1.807, 2.05) is 13.0 Å². The third kappa shape index (κ3) is 4.04. The Morgan fingerprint density at radius 1 is 1.45 bits per heavy atom. The molecule has 7 heteroatoms. The van der Waals surface area contributed by atoms with Crippen molar-refractivity contribution in [1.29, 1.82) is 0 Å². The summed E-state index contributed by atoms with van der Waals surface area (Å²) in [5.74, 6) is -2.84. The van der Waals surface area contributed by atoms with Gasteiger partial charge in [-0.3, -0.25) is 0 Å². The number of benzene rings is 1. The van der Waals surface area contributed by atoms with Crippen molar-refractivity contribution in [1.82, 2.24) is 0 Å². The van der Waals surface area contributed by atoms with Crippen LogP contribution >= 0.6 is 0 Å². The molecule has 0 spiro atoms. The van der Waals surface area contributed by atoms with Crippen LogP contribution < -0.4 is 10.6 Å². The summed E-state index contributed by atoms with van der Waals surface area (Å²) in [6, 6.07) is 7.17. The molecule has 1 atom stereocenters. The number of nitrogens with zero attached hydrogens (tertiary/aromatic N) is 2. The molecule has 0 amide bonds. The molecule has 0 aliphatic heterocycles. The lowest BCUT2D eigenvalue weighted by molar-refractivity contribution is -0.153. The van der Waals surface area contributed by atoms with Crippen LogP contribution in [0.5, 0.6) is 0 Å². The molecule has 0 aromatic heterocycles. The van der Waals surface area contributed by atoms with Crippen molar-refractivity contribution in [2.75, 3.05) is 18.0 Å². The predicted octanol–water partition coefficient (Wildman–Crippen LogP) is 2.75. The van der Waals surface area contributed by atoms with Gasteiger partial charge in [-0.15, -0.1) is 0 Å². The van der Waals surface area contributed by atoms with Crippen LogP contribution in [0, 0.1) is 12.8 Å². The molecule has 1 aromatic carbocycles. The number of nitrogens with two attached hydrogens (primary N) is 1. The molecular weight excluding hydrogens is 271 g/mol. The average molecular weight is 289 g/mol. The summed E-state index contributed by atoms with van der Waals surface area (Å²) in [4.78, 5) is 1.54. The lowest BCUT2D eigenvalue weighted by atomic mass is 10.1. The summed E-state index contributed by atoms with van der Waals surface area (Å²) in [5, 5.41) is 11.0. The molecule has 0 heterocycles. The summed E-state index contributed by atoms with van der Waals surface area (Å²) in [7, 11) is 0. The molecule has 0 fully saturated rings. The maximum Gasteiger partial charge on any atom is 0.400 e. The first kappa shape index (κ1) is 16.1. The Morgan fingerprint density at radius 3 is 2.55 bits per heavy atom. The van der Waals surface area contributed by atoms with Crippen LogP contribution in [0.3, 0.4) is 0 Å². The molecule has 3 N–H and O–H groups in total. The zero-order chi connectivity index (χ0) is 15.3. The van der Waals surface area contributed by atoms with Crippen molar-refractivity contribution in [2.24, 2.45) is 16.8 Å². The Morgan fingerprint density at radius 2 is 2.10 bits per heavy atom. The molecule has 0 aliphatic carbocycles. The third-order valence-electron chi connectivity index (χ3n) is 3.02. The Hall–Kier alpha value is -1.92. The summed E-state index contributed by atoms with van der Waals surface area (Å²) >= 11 is 0. The van der Waals surface area contributed by atoms with E-state index in [0.29, 0.717) is 12.2 Å². The summed E-state index contributed by atoms with van der Waals surface area (Å²) in [5.41, 5.74) is 6.79. The van der Waals surface area contributed by atoms with E-state index >= 15 is 0 Å². The van der Waals surface area contributed by atoms with Gasteiger partial charge < -0.3 is 15.8 Å². The van der Waals surface area contributed by atoms with E-state index < -0.39 is 17.9 Å². The van der Waals surface area contributed by atoms with Gasteiger partial charge in [-0.1, -0.05) is 17.3 Å². The molecule has 4 nitrogen and oxygen atoms in total. The van der Waals surface area contributed by atoms with Crippen LogP contribution in [0.1, 0.15) is 12.5 Å². The smallest absolute Gasteiger partial charge is 0.400 e. The standard InChI is InChI=1S/C13H18F3N3O/c1-3-19(10-6-4-5-9(2)7-10)8-11(12(17)18-20)13(14,15)16/h4-7,11,20H,3,8H2,1-2H3,(H2,17,18). The van der Waals surface area contributed by atoms with Gasteiger partial charge in [0.05, 0.1) is 0 Å². The predicted molar refractivity (Wildman–Crippen MR) is 72.0 cm³/mol. The van der Waals surface area contributed by atoms with Crippen molar-refractivity contribution in [3.63, 3.8) is 0 Å². The summed E-state index contributed by atoms with van der Waals surface area (Å²) in [6.07, 6.45) is -4.56. The molecule has 0 bridgehead atoms. The highest BCUT2D eigenvalue weighted by Gasteiger charge is 2.43. The van der Waals surface area contributed by atoms with E-state index in [4.69, 9.17) is 10.9 Å². The Kier molecular flexibility index (Phi) is 5.24. The van der Waals surface area contributed by atoms with Gasteiger partial charge in [-0.25, -0.2) is 0 Å². The monoisotopic (exact) mass is 289 g/mol. The molecule has 1 aromatic rings. The topological polar surface area (TPSA) is 61.8 Å². The van der Waals surface area contributed by atoms with Gasteiger partial charge in [0.1, 0.15) is 5.92 Å². The minimum Gasteiger partial charge on any atom is -0.409 e. The number of hydrogen-bond acceptors (Lipinski definition) is 3. The van der Waals surface area contributed by atoms with Gasteiger partial charge in [0, 0.05) is 18.8 Å². The fourth-order valence-electron chi connectivity index (χ4n) is 1.90. The van der Waals surface area contributed by atoms with E-state index in [9.17, 15) is 13.2 Å². The minimum atomic E-state index is -4.56. The second kappa shape index (κ2) is 6.49. The Bertz CT molecular complexity index is 474. The number of rotatable bonds is 5. The quantitative estimate of drug-likeness (QED) is 0.379. The third-order valence-corrected chi connectivity index (χ3v) is 3.02. The molecule has 20 heavy (non-hydrogen) atoms. The average Bonchev–Trinajstić information content (AvgIpc) is 2.37. The fraction of sp³-hybridized carbons (Fsp3) is 0.462. The number of hydrogen-bond donors (Lipinski definition) is 2. The molecule has 0 saturated heterocycles. The van der Waals surface area contributed by atoms with E-state index in [1.54, 1.807) is 30.0 Å². The molecular formula is C13H18F3N3O. The molecule has 1 rings (SSSR count). The van der Waals surface area contributed by atoms with Crippen molar-refractivity contribution >= 4 is 11.5 Å². The first-order valence-corrected chi connectivity index (χ1v) is 6.15. The molecule has 0 radical (unpaired) electrons. The van der Waals surface area contributed by atoms with Gasteiger partial charge in [0.2, 0.25) is 0 Å². The SMILES string of the molecule is CCN(CC(/C(N)=N/O)C(F)(F)F)c1cccc(C)c1. The Balaban J connectivity index is 3.01. The minimum absolute atomic E-state index is 0.384. The highest BCUT2D eigenvalue weighted by atomic mass is 19.4. The fourth-order valence-corrected chi connectivity index (χ4v) is 1.90. The number of aryl methyl sites for hydroxylation is 1. The number of halogens is 3. The van der Waals surface area contributed by atoms with Crippen LogP contribution in [0.2, 0.25) is 0 Å². The second-order valence-electron chi connectivity index (χ2n) is 4.50. The van der Waals surface area contributed by atoms with Gasteiger partial charge in [-0.05, 0) is 31.5 Å². The number of oxime groups is 1. The zero-order valence-corrected chi connectivity index (χ0v) is 11.4. The van der Waals surface area contributed by atoms with Crippen LogP contribution in [-0.4, -0.2) is 30.3 Å². The molecule has 112 valence electrons. The Labute approximate surface area is 115 Å². The van der Waals surface area contributed by atoms with Crippen LogP contribution in [0.25, 0.3) is 0 Å². The van der Waals surface area contributed by atoms with Crippen LogP contribution in [-0.2, 0) is 0 Å². The first-order valence-electron chi connectivity index (χ1n) is 6.15. The van der Waals surface area contributed by atoms with E-state index in [0.717, 1.165) is 5.56 Å². The number of alkyl halides is 3. The van der Waals surface area contributed by atoms with Crippen molar-refractivity contribution in [3.05, 3.63) is 29.8 Å². The molecule has 0 aliphatic rings. The highest BCUT2D eigenvalue weighted by Crippen LogP contribution is 2.29. The van der Waals surface area contributed by atoms with Gasteiger partial charge in [0.25, 0.3) is 0 Å². The summed E-state index contributed by atoms with van der Waals surface area (Å²) in [6.45, 7) is 3.61. The van der Waals surface area contributed by atoms with E-state index in [2.05, 4.69) is 5.16 Å². The zero-order valence-electron chi connectivity index (χ0n) is 11.4. The van der Waals surface area contributed by atoms with Crippen LogP contribution in [0.15, 0.2) is 29.4 Å². The van der Waals surface area contributed by atoms with Gasteiger partial charge in [-0.2, -0.15) is 13.2 Å². The lowest BCUT2D eigenvalue weighted by Crippen LogP contribution is -2.44. The first-order chi connectivity index (χ1) is 9.29.